The van der Waals surface area contributed by atoms with E-state index >= 15 is 0 Å². The van der Waals surface area contributed by atoms with Crippen molar-refractivity contribution in [2.45, 2.75) is 38.9 Å². The van der Waals surface area contributed by atoms with E-state index < -0.39 is 0 Å². The van der Waals surface area contributed by atoms with Crippen LogP contribution in [0.2, 0.25) is 0 Å². The fourth-order valence-electron chi connectivity index (χ4n) is 5.13. The van der Waals surface area contributed by atoms with Gasteiger partial charge in [-0.25, -0.2) is 0 Å². The van der Waals surface area contributed by atoms with Gasteiger partial charge in [0.1, 0.15) is 11.9 Å². The second kappa shape index (κ2) is 10.2. The summed E-state index contributed by atoms with van der Waals surface area (Å²) in [5.41, 5.74) is 1.56. The highest BCUT2D eigenvalue weighted by Crippen LogP contribution is 2.40. The van der Waals surface area contributed by atoms with Crippen LogP contribution in [0, 0.1) is 11.8 Å². The molecule has 0 radical (unpaired) electrons. The van der Waals surface area contributed by atoms with Gasteiger partial charge in [0.15, 0.2) is 5.78 Å². The molecule has 4 atom stereocenters. The maximum Gasteiger partial charge on any atom is 0.173 e. The van der Waals surface area contributed by atoms with Gasteiger partial charge in [0.25, 0.3) is 0 Å². The second-order valence-corrected chi connectivity index (χ2v) is 8.95. The molecule has 0 amide bonds. The first-order valence-corrected chi connectivity index (χ1v) is 11.7. The predicted octanol–water partition coefficient (Wildman–Crippen LogP) is 3.07. The number of methoxy groups -OCH3 is 1. The van der Waals surface area contributed by atoms with E-state index in [1.54, 1.807) is 13.4 Å². The number of piperazine rings is 1. The Balaban J connectivity index is 1.30. The lowest BCUT2D eigenvalue weighted by atomic mass is 9.73. The van der Waals surface area contributed by atoms with E-state index in [0.717, 1.165) is 70.0 Å². The Bertz CT molecular complexity index is 770. The molecule has 170 valence electrons. The first-order chi connectivity index (χ1) is 15.1. The highest BCUT2D eigenvalue weighted by atomic mass is 16.5. The van der Waals surface area contributed by atoms with Crippen LogP contribution >= 0.6 is 0 Å². The maximum absolute atomic E-state index is 13.2. The smallest absolute Gasteiger partial charge is 0.173 e. The predicted molar refractivity (Wildman–Crippen MR) is 121 cm³/mol. The number of hydrogen-bond acceptors (Lipinski definition) is 6. The van der Waals surface area contributed by atoms with E-state index in [1.807, 2.05) is 24.3 Å². The van der Waals surface area contributed by atoms with Gasteiger partial charge in [-0.3, -0.25) is 9.69 Å². The summed E-state index contributed by atoms with van der Waals surface area (Å²) >= 11 is 0. The summed E-state index contributed by atoms with van der Waals surface area (Å²) < 4.78 is 17.6. The molecule has 0 N–H and O–H groups in total. The zero-order valence-corrected chi connectivity index (χ0v) is 19.1. The number of hydrogen-bond donors (Lipinski definition) is 0. The van der Waals surface area contributed by atoms with Gasteiger partial charge < -0.3 is 19.1 Å². The molecule has 1 aliphatic carbocycles. The van der Waals surface area contributed by atoms with E-state index in [4.69, 9.17) is 14.2 Å². The molecule has 1 aromatic carbocycles. The molecule has 6 nitrogen and oxygen atoms in total. The SMILES string of the molecule is CCN1CCN(CCOC2CCC3C(=O)C(c4ccc(OC)cc4)=COC3C2C)CC1. The average Bonchev–Trinajstić information content (AvgIpc) is 2.81. The Morgan fingerprint density at radius 3 is 2.45 bits per heavy atom. The highest BCUT2D eigenvalue weighted by molar-refractivity contribution is 6.22. The molecule has 2 heterocycles. The van der Waals surface area contributed by atoms with Crippen LogP contribution in [-0.4, -0.2) is 80.8 Å². The zero-order valence-electron chi connectivity index (χ0n) is 19.1. The highest BCUT2D eigenvalue weighted by Gasteiger charge is 2.45. The van der Waals surface area contributed by atoms with E-state index in [-0.39, 0.29) is 29.8 Å². The van der Waals surface area contributed by atoms with E-state index in [2.05, 4.69) is 23.6 Å². The molecule has 0 spiro atoms. The first kappa shape index (κ1) is 22.3. The quantitative estimate of drug-likeness (QED) is 0.665. The molecule has 31 heavy (non-hydrogen) atoms. The lowest BCUT2D eigenvalue weighted by molar-refractivity contribution is -0.135. The number of Topliss-reactive ketones (excluding diaryl/α,β-unsaturated/α-hetero) is 1. The minimum Gasteiger partial charge on any atom is -0.497 e. The van der Waals surface area contributed by atoms with Crippen molar-refractivity contribution in [2.75, 3.05) is 53.0 Å². The van der Waals surface area contributed by atoms with Gasteiger partial charge in [-0.15, -0.1) is 0 Å². The molecule has 0 aromatic heterocycles. The number of fused-ring (bicyclic) bond motifs is 1. The Morgan fingerprint density at radius 1 is 1.06 bits per heavy atom. The van der Waals surface area contributed by atoms with Crippen LogP contribution in [0.15, 0.2) is 30.5 Å². The fourth-order valence-corrected chi connectivity index (χ4v) is 5.13. The number of nitrogens with zero attached hydrogens (tertiary/aromatic N) is 2. The summed E-state index contributed by atoms with van der Waals surface area (Å²) in [6.45, 7) is 11.8. The molecule has 0 bridgehead atoms. The van der Waals surface area contributed by atoms with Crippen LogP contribution in [0.5, 0.6) is 5.75 Å². The molecule has 4 rings (SSSR count). The summed E-state index contributed by atoms with van der Waals surface area (Å²) in [5, 5.41) is 0. The molecular weight excluding hydrogens is 392 g/mol. The number of benzene rings is 1. The van der Waals surface area contributed by atoms with Gasteiger partial charge in [-0.05, 0) is 37.1 Å². The molecular formula is C25H36N2O4. The standard InChI is InChI=1S/C25H36N2O4/c1-4-26-11-13-27(14-12-26)15-16-30-23-10-9-21-24(28)22(17-31-25(21)18(23)2)19-5-7-20(29-3)8-6-19/h5-8,17-18,21,23,25H,4,9-16H2,1-3H3. The number of carbonyl (C=O) groups excluding carboxylic acids is 1. The van der Waals surface area contributed by atoms with Crippen molar-refractivity contribution in [2.24, 2.45) is 11.8 Å². The van der Waals surface area contributed by atoms with Crippen LogP contribution in [0.4, 0.5) is 0 Å². The van der Waals surface area contributed by atoms with Gasteiger partial charge >= 0.3 is 0 Å². The summed E-state index contributed by atoms with van der Waals surface area (Å²) in [7, 11) is 1.64. The van der Waals surface area contributed by atoms with Crippen molar-refractivity contribution in [1.29, 1.82) is 0 Å². The maximum atomic E-state index is 13.2. The topological polar surface area (TPSA) is 51.2 Å². The number of ketones is 1. The first-order valence-electron chi connectivity index (χ1n) is 11.7. The number of allylic oxidation sites excluding steroid dienone is 1. The van der Waals surface area contributed by atoms with Crippen molar-refractivity contribution in [3.8, 4) is 5.75 Å². The van der Waals surface area contributed by atoms with Gasteiger partial charge in [-0.2, -0.15) is 0 Å². The third-order valence-electron chi connectivity index (χ3n) is 7.26. The lowest BCUT2D eigenvalue weighted by Crippen LogP contribution is -2.49. The monoisotopic (exact) mass is 428 g/mol. The van der Waals surface area contributed by atoms with Crippen molar-refractivity contribution in [1.82, 2.24) is 9.80 Å². The van der Waals surface area contributed by atoms with Crippen LogP contribution in [0.25, 0.3) is 5.57 Å². The molecule has 1 saturated carbocycles. The third kappa shape index (κ3) is 4.97. The van der Waals surface area contributed by atoms with Crippen molar-refractivity contribution >= 4 is 11.4 Å². The minimum atomic E-state index is -0.0960. The second-order valence-electron chi connectivity index (χ2n) is 8.95. The van der Waals surface area contributed by atoms with Crippen LogP contribution in [-0.2, 0) is 14.3 Å². The van der Waals surface area contributed by atoms with Gasteiger partial charge in [-0.1, -0.05) is 26.0 Å². The average molecular weight is 429 g/mol. The van der Waals surface area contributed by atoms with Crippen molar-refractivity contribution < 1.29 is 19.0 Å². The largest absolute Gasteiger partial charge is 0.497 e. The minimum absolute atomic E-state index is 0.0842. The molecule has 6 heteroatoms. The number of carbonyl (C=O) groups is 1. The summed E-state index contributed by atoms with van der Waals surface area (Å²) in [6, 6.07) is 7.60. The van der Waals surface area contributed by atoms with Crippen LogP contribution in [0.3, 0.4) is 0 Å². The summed E-state index contributed by atoms with van der Waals surface area (Å²) in [5.74, 6) is 1.10. The number of rotatable bonds is 7. The van der Waals surface area contributed by atoms with Gasteiger partial charge in [0.2, 0.25) is 0 Å². The Morgan fingerprint density at radius 2 is 1.77 bits per heavy atom. The van der Waals surface area contributed by atoms with Crippen LogP contribution < -0.4 is 4.74 Å². The molecule has 1 saturated heterocycles. The number of likely N-dealkylation sites (N-methyl/N-ethyl adjacent to an activating group) is 1. The Labute approximate surface area is 186 Å². The fraction of sp³-hybridized carbons (Fsp3) is 0.640. The van der Waals surface area contributed by atoms with Crippen molar-refractivity contribution in [3.63, 3.8) is 0 Å². The van der Waals surface area contributed by atoms with E-state index in [0.29, 0.717) is 5.57 Å². The molecule has 2 aliphatic heterocycles. The van der Waals surface area contributed by atoms with E-state index in [9.17, 15) is 4.79 Å². The third-order valence-corrected chi connectivity index (χ3v) is 7.26. The van der Waals surface area contributed by atoms with Gasteiger partial charge in [0.05, 0.1) is 37.6 Å². The van der Waals surface area contributed by atoms with Crippen molar-refractivity contribution in [3.05, 3.63) is 36.1 Å². The molecule has 4 unspecified atom stereocenters. The lowest BCUT2D eigenvalue weighted by Gasteiger charge is -2.42. The van der Waals surface area contributed by atoms with Gasteiger partial charge in [0, 0.05) is 38.6 Å². The normalized spacial score (nSPS) is 29.8. The Kier molecular flexibility index (Phi) is 7.31. The van der Waals surface area contributed by atoms with E-state index in [1.165, 1.54) is 0 Å². The zero-order chi connectivity index (χ0) is 21.8. The summed E-state index contributed by atoms with van der Waals surface area (Å²) in [6.07, 6.45) is 3.46. The summed E-state index contributed by atoms with van der Waals surface area (Å²) in [4.78, 5) is 18.2. The molecule has 1 aromatic rings. The Hall–Kier alpha value is -1.89. The van der Waals surface area contributed by atoms with Crippen LogP contribution in [0.1, 0.15) is 32.3 Å². The molecule has 2 fully saturated rings. The number of ether oxygens (including phenoxy) is 3. The molecule has 3 aliphatic rings.